The number of rotatable bonds is 3. The van der Waals surface area contributed by atoms with Gasteiger partial charge in [0.15, 0.2) is 5.76 Å². The number of fused-ring (bicyclic) bond motifs is 3. The minimum Gasteiger partial charge on any atom is -0.370 e. The molecule has 1 amide bonds. The van der Waals surface area contributed by atoms with E-state index in [4.69, 9.17) is 21.9 Å². The van der Waals surface area contributed by atoms with Gasteiger partial charge in [-0.2, -0.15) is 4.39 Å². The largest absolute Gasteiger partial charge is 0.370 e. The van der Waals surface area contributed by atoms with Gasteiger partial charge in [0.2, 0.25) is 11.9 Å². The maximum atomic E-state index is 14.8. The van der Waals surface area contributed by atoms with Crippen molar-refractivity contribution in [1.82, 2.24) is 10.1 Å². The molecule has 1 aliphatic rings. The highest BCUT2D eigenvalue weighted by molar-refractivity contribution is 6.30. The minimum absolute atomic E-state index is 0.0955. The Labute approximate surface area is 158 Å². The van der Waals surface area contributed by atoms with Crippen LogP contribution in [0.3, 0.4) is 0 Å². The van der Waals surface area contributed by atoms with E-state index >= 15 is 0 Å². The standard InChI is InChI=1S/C19H14ClFN4O2/c1-9-15-12-6-7-23-19(21)16(12)17(10-2-4-11(20)5-3-10)24-13(8-14(22)26)18(15)27-25-9/h2-7,13H,8H2,1H3,(H2,22,26)/t13-/m0/s1. The molecule has 0 saturated heterocycles. The van der Waals surface area contributed by atoms with Crippen molar-refractivity contribution in [3.63, 3.8) is 0 Å². The van der Waals surface area contributed by atoms with Crippen LogP contribution in [0.5, 0.6) is 0 Å². The quantitative estimate of drug-likeness (QED) is 0.698. The molecule has 2 N–H and O–H groups in total. The van der Waals surface area contributed by atoms with E-state index in [-0.39, 0.29) is 12.0 Å². The number of hydrogen-bond acceptors (Lipinski definition) is 5. The van der Waals surface area contributed by atoms with Gasteiger partial charge >= 0.3 is 0 Å². The summed E-state index contributed by atoms with van der Waals surface area (Å²) in [4.78, 5) is 20.0. The van der Waals surface area contributed by atoms with Gasteiger partial charge in [0.1, 0.15) is 6.04 Å². The molecule has 1 aliphatic heterocycles. The van der Waals surface area contributed by atoms with Gasteiger partial charge in [-0.15, -0.1) is 0 Å². The fraction of sp³-hybridized carbons (Fsp3) is 0.158. The number of aliphatic imine (C=N–C) groups is 1. The molecule has 136 valence electrons. The molecule has 0 fully saturated rings. The van der Waals surface area contributed by atoms with Crippen LogP contribution in [-0.2, 0) is 4.79 Å². The molecule has 27 heavy (non-hydrogen) atoms. The summed E-state index contributed by atoms with van der Waals surface area (Å²) < 4.78 is 20.3. The van der Waals surface area contributed by atoms with Crippen molar-refractivity contribution in [2.45, 2.75) is 19.4 Å². The van der Waals surface area contributed by atoms with E-state index in [0.717, 1.165) is 0 Å². The molecule has 1 atom stereocenters. The molecule has 8 heteroatoms. The van der Waals surface area contributed by atoms with Crippen LogP contribution in [0.4, 0.5) is 4.39 Å². The lowest BCUT2D eigenvalue weighted by atomic mass is 9.94. The lowest BCUT2D eigenvalue weighted by Gasteiger charge is -2.11. The highest BCUT2D eigenvalue weighted by Crippen LogP contribution is 2.41. The van der Waals surface area contributed by atoms with Crippen LogP contribution in [0.25, 0.3) is 11.1 Å². The van der Waals surface area contributed by atoms with E-state index in [2.05, 4.69) is 15.1 Å². The average molecular weight is 385 g/mol. The second-order valence-electron chi connectivity index (χ2n) is 6.20. The molecular formula is C19H14ClFN4O2. The molecule has 6 nitrogen and oxygen atoms in total. The number of benzene rings is 1. The van der Waals surface area contributed by atoms with Gasteiger partial charge in [-0.3, -0.25) is 9.79 Å². The first kappa shape index (κ1) is 17.4. The van der Waals surface area contributed by atoms with Gasteiger partial charge in [-0.1, -0.05) is 28.9 Å². The Hall–Kier alpha value is -3.06. The number of pyridine rings is 1. The Kier molecular flexibility index (Phi) is 4.24. The van der Waals surface area contributed by atoms with Crippen LogP contribution in [0.1, 0.15) is 35.0 Å². The number of carbonyl (C=O) groups excluding carboxylic acids is 1. The van der Waals surface area contributed by atoms with Crippen molar-refractivity contribution in [3.8, 4) is 11.1 Å². The van der Waals surface area contributed by atoms with Crippen LogP contribution in [-0.4, -0.2) is 21.8 Å². The molecule has 1 aromatic carbocycles. The predicted octanol–water partition coefficient (Wildman–Crippen LogP) is 3.61. The van der Waals surface area contributed by atoms with E-state index in [1.54, 1.807) is 37.3 Å². The Morgan fingerprint density at radius 3 is 2.70 bits per heavy atom. The second-order valence-corrected chi connectivity index (χ2v) is 6.64. The van der Waals surface area contributed by atoms with E-state index in [1.165, 1.54) is 6.20 Å². The van der Waals surface area contributed by atoms with Crippen molar-refractivity contribution in [2.24, 2.45) is 10.7 Å². The molecule has 0 radical (unpaired) electrons. The number of nitrogens with zero attached hydrogens (tertiary/aromatic N) is 3. The number of carbonyl (C=O) groups is 1. The summed E-state index contributed by atoms with van der Waals surface area (Å²) in [6, 6.07) is 7.79. The monoisotopic (exact) mass is 384 g/mol. The third-order valence-electron chi connectivity index (χ3n) is 4.40. The zero-order valence-corrected chi connectivity index (χ0v) is 15.0. The zero-order chi connectivity index (χ0) is 19.1. The number of nitrogens with two attached hydrogens (primary N) is 1. The molecule has 4 rings (SSSR count). The van der Waals surface area contributed by atoms with Crippen molar-refractivity contribution in [1.29, 1.82) is 0 Å². The fourth-order valence-electron chi connectivity index (χ4n) is 3.25. The number of aromatic nitrogens is 2. The molecule has 3 heterocycles. The van der Waals surface area contributed by atoms with Gasteiger partial charge in [-0.05, 0) is 25.1 Å². The highest BCUT2D eigenvalue weighted by atomic mass is 35.5. The second kappa shape index (κ2) is 6.59. The van der Waals surface area contributed by atoms with Gasteiger partial charge < -0.3 is 10.3 Å². The molecular weight excluding hydrogens is 371 g/mol. The molecule has 0 bridgehead atoms. The molecule has 3 aromatic rings. The summed E-state index contributed by atoms with van der Waals surface area (Å²) in [6.07, 6.45) is 1.28. The summed E-state index contributed by atoms with van der Waals surface area (Å²) in [5.74, 6) is -0.849. The highest BCUT2D eigenvalue weighted by Gasteiger charge is 2.33. The lowest BCUT2D eigenvalue weighted by molar-refractivity contribution is -0.118. The topological polar surface area (TPSA) is 94.4 Å². The van der Waals surface area contributed by atoms with Crippen LogP contribution >= 0.6 is 11.6 Å². The van der Waals surface area contributed by atoms with Crippen LogP contribution in [0.15, 0.2) is 46.0 Å². The third kappa shape index (κ3) is 3.00. The lowest BCUT2D eigenvalue weighted by Crippen LogP contribution is -2.15. The minimum atomic E-state index is -0.726. The third-order valence-corrected chi connectivity index (χ3v) is 4.65. The normalized spacial score (nSPS) is 15.5. The van der Waals surface area contributed by atoms with Crippen molar-refractivity contribution >= 4 is 23.2 Å². The van der Waals surface area contributed by atoms with Crippen molar-refractivity contribution < 1.29 is 13.7 Å². The molecule has 0 spiro atoms. The summed E-state index contributed by atoms with van der Waals surface area (Å²) in [7, 11) is 0. The number of halogens is 2. The number of primary amides is 1. The summed E-state index contributed by atoms with van der Waals surface area (Å²) in [5.41, 5.74) is 8.34. The van der Waals surface area contributed by atoms with Crippen LogP contribution in [0, 0.1) is 12.9 Å². The van der Waals surface area contributed by atoms with Crippen LogP contribution in [0.2, 0.25) is 5.02 Å². The first-order valence-electron chi connectivity index (χ1n) is 8.19. The smallest absolute Gasteiger partial charge is 0.222 e. The number of amides is 1. The maximum absolute atomic E-state index is 14.8. The summed E-state index contributed by atoms with van der Waals surface area (Å²) in [6.45, 7) is 1.75. The SMILES string of the molecule is Cc1noc2c1-c1ccnc(F)c1C(c1ccc(Cl)cc1)=N[C@H]2CC(N)=O. The predicted molar refractivity (Wildman–Crippen MR) is 98.1 cm³/mol. The first-order valence-corrected chi connectivity index (χ1v) is 8.57. The summed E-state index contributed by atoms with van der Waals surface area (Å²) >= 11 is 5.98. The average Bonchev–Trinajstić information content (AvgIpc) is 2.94. The van der Waals surface area contributed by atoms with Crippen molar-refractivity contribution in [2.75, 3.05) is 0 Å². The Balaban J connectivity index is 2.04. The fourth-order valence-corrected chi connectivity index (χ4v) is 3.37. The van der Waals surface area contributed by atoms with Gasteiger partial charge in [0.05, 0.1) is 29.0 Å². The van der Waals surface area contributed by atoms with E-state index < -0.39 is 17.9 Å². The maximum Gasteiger partial charge on any atom is 0.222 e. The first-order chi connectivity index (χ1) is 13.0. The van der Waals surface area contributed by atoms with E-state index in [0.29, 0.717) is 38.9 Å². The molecule has 0 saturated carbocycles. The van der Waals surface area contributed by atoms with E-state index in [9.17, 15) is 9.18 Å². The Bertz CT molecular complexity index is 1080. The summed E-state index contributed by atoms with van der Waals surface area (Å²) in [5, 5.41) is 4.52. The Morgan fingerprint density at radius 1 is 1.26 bits per heavy atom. The van der Waals surface area contributed by atoms with Crippen molar-refractivity contribution in [3.05, 3.63) is 70.1 Å². The van der Waals surface area contributed by atoms with Crippen LogP contribution < -0.4 is 5.73 Å². The molecule has 0 aliphatic carbocycles. The molecule has 2 aromatic heterocycles. The van der Waals surface area contributed by atoms with Gasteiger partial charge in [0, 0.05) is 22.3 Å². The van der Waals surface area contributed by atoms with Gasteiger partial charge in [-0.25, -0.2) is 4.98 Å². The Morgan fingerprint density at radius 2 is 2.00 bits per heavy atom. The van der Waals surface area contributed by atoms with Gasteiger partial charge in [0.25, 0.3) is 0 Å². The molecule has 0 unspecified atom stereocenters. The number of aryl methyl sites for hydroxylation is 1. The zero-order valence-electron chi connectivity index (χ0n) is 14.2. The number of hydrogen-bond donors (Lipinski definition) is 1. The van der Waals surface area contributed by atoms with E-state index in [1.807, 2.05) is 0 Å².